The van der Waals surface area contributed by atoms with Crippen LogP contribution in [0.1, 0.15) is 40.5 Å². The maximum atomic E-state index is 14.6. The molecule has 0 saturated carbocycles. The molecule has 0 aliphatic carbocycles. The molecule has 146 valence electrons. The fraction of sp³-hybridized carbons (Fsp3) is 0.476. The zero-order valence-electron chi connectivity index (χ0n) is 15.7. The molecule has 0 N–H and O–H groups in total. The summed E-state index contributed by atoms with van der Waals surface area (Å²) in [7, 11) is 0. The minimum Gasteiger partial charge on any atom is -0.332 e. The SMILES string of the molecule is Cc1cnc(C(=O)N2C[C@@H](c3cccc(F)c3F)[C@@H]3[C@H]2C2CCN3CC2)cn1. The summed E-state index contributed by atoms with van der Waals surface area (Å²) in [6, 6.07) is 4.37. The first kappa shape index (κ1) is 17.7. The van der Waals surface area contributed by atoms with E-state index in [-0.39, 0.29) is 23.9 Å². The van der Waals surface area contributed by atoms with Crippen LogP contribution < -0.4 is 0 Å². The van der Waals surface area contributed by atoms with Crippen molar-refractivity contribution < 1.29 is 13.6 Å². The molecular weight excluding hydrogens is 362 g/mol. The van der Waals surface area contributed by atoms with Gasteiger partial charge in [-0.1, -0.05) is 12.1 Å². The van der Waals surface area contributed by atoms with Gasteiger partial charge in [0.15, 0.2) is 11.6 Å². The molecule has 0 spiro atoms. The van der Waals surface area contributed by atoms with Gasteiger partial charge in [0.25, 0.3) is 5.91 Å². The number of likely N-dealkylation sites (tertiary alicyclic amines) is 1. The summed E-state index contributed by atoms with van der Waals surface area (Å²) in [5, 5.41) is 0. The Kier molecular flexibility index (Phi) is 4.16. The third-order valence-corrected chi connectivity index (χ3v) is 6.64. The monoisotopic (exact) mass is 384 g/mol. The van der Waals surface area contributed by atoms with Crippen LogP contribution in [0.5, 0.6) is 0 Å². The predicted octanol–water partition coefficient (Wildman–Crippen LogP) is 2.77. The largest absolute Gasteiger partial charge is 0.332 e. The highest BCUT2D eigenvalue weighted by atomic mass is 19.2. The second-order valence-electron chi connectivity index (χ2n) is 8.10. The number of piperidine rings is 3. The van der Waals surface area contributed by atoms with Gasteiger partial charge >= 0.3 is 0 Å². The first-order valence-electron chi connectivity index (χ1n) is 9.82. The Balaban J connectivity index is 1.55. The smallest absolute Gasteiger partial charge is 0.274 e. The molecule has 4 aliphatic heterocycles. The Morgan fingerprint density at radius 3 is 2.61 bits per heavy atom. The Hall–Kier alpha value is -2.41. The van der Waals surface area contributed by atoms with Gasteiger partial charge < -0.3 is 4.90 Å². The second kappa shape index (κ2) is 6.58. The Morgan fingerprint density at radius 2 is 1.89 bits per heavy atom. The van der Waals surface area contributed by atoms with Gasteiger partial charge in [0, 0.05) is 24.7 Å². The molecule has 28 heavy (non-hydrogen) atoms. The van der Waals surface area contributed by atoms with E-state index in [1.165, 1.54) is 6.20 Å². The van der Waals surface area contributed by atoms with E-state index in [4.69, 9.17) is 0 Å². The number of hydrogen-bond acceptors (Lipinski definition) is 4. The molecule has 5 heterocycles. The molecule has 0 unspecified atom stereocenters. The predicted molar refractivity (Wildman–Crippen MR) is 98.8 cm³/mol. The summed E-state index contributed by atoms with van der Waals surface area (Å²) in [5.74, 6) is -1.65. The molecule has 2 bridgehead atoms. The highest BCUT2D eigenvalue weighted by Crippen LogP contribution is 2.47. The number of hydrogen-bond donors (Lipinski definition) is 0. The third-order valence-electron chi connectivity index (χ3n) is 6.64. The Bertz CT molecular complexity index is 911. The number of aromatic nitrogens is 2. The number of nitrogens with zero attached hydrogens (tertiary/aromatic N) is 4. The van der Waals surface area contributed by atoms with Gasteiger partial charge in [0.2, 0.25) is 0 Å². The van der Waals surface area contributed by atoms with Crippen molar-refractivity contribution in [1.29, 1.82) is 0 Å². The van der Waals surface area contributed by atoms with E-state index in [9.17, 15) is 13.6 Å². The zero-order valence-corrected chi connectivity index (χ0v) is 15.7. The number of carbonyl (C=O) groups is 1. The molecule has 1 aromatic carbocycles. The van der Waals surface area contributed by atoms with Gasteiger partial charge in [-0.15, -0.1) is 0 Å². The quantitative estimate of drug-likeness (QED) is 0.799. The van der Waals surface area contributed by atoms with Gasteiger partial charge in [0.1, 0.15) is 5.69 Å². The van der Waals surface area contributed by atoms with Gasteiger partial charge in [-0.25, -0.2) is 13.8 Å². The lowest BCUT2D eigenvalue weighted by Crippen LogP contribution is -2.60. The maximum Gasteiger partial charge on any atom is 0.274 e. The average molecular weight is 384 g/mol. The van der Waals surface area contributed by atoms with E-state index < -0.39 is 11.6 Å². The van der Waals surface area contributed by atoms with Gasteiger partial charge in [-0.2, -0.15) is 0 Å². The fourth-order valence-electron chi connectivity index (χ4n) is 5.38. The van der Waals surface area contributed by atoms with Crippen LogP contribution in [0, 0.1) is 24.5 Å². The summed E-state index contributed by atoms with van der Waals surface area (Å²) in [6.07, 6.45) is 5.15. The molecule has 6 rings (SSSR count). The van der Waals surface area contributed by atoms with Gasteiger partial charge in [-0.05, 0) is 50.4 Å². The summed E-state index contributed by atoms with van der Waals surface area (Å²) in [6.45, 7) is 4.09. The number of halogens is 2. The standard InChI is InChI=1S/C21H22F2N4O/c1-12-9-25-17(10-24-12)21(28)27-11-15(14-3-2-4-16(22)18(14)23)20-19(27)13-5-7-26(20)8-6-13/h2-4,9-10,13,15,19-20H,5-8,11H2,1H3/t15-,19+,20+/m0/s1. The summed E-state index contributed by atoms with van der Waals surface area (Å²) < 4.78 is 28.5. The van der Waals surface area contributed by atoms with Crippen molar-refractivity contribution in [2.75, 3.05) is 19.6 Å². The third kappa shape index (κ3) is 2.64. The molecule has 4 aliphatic rings. The van der Waals surface area contributed by atoms with Crippen molar-refractivity contribution >= 4 is 5.91 Å². The molecule has 4 fully saturated rings. The number of fused-ring (bicyclic) bond motifs is 2. The molecule has 1 amide bonds. The molecule has 5 nitrogen and oxygen atoms in total. The van der Waals surface area contributed by atoms with Crippen molar-refractivity contribution in [2.24, 2.45) is 5.92 Å². The highest BCUT2D eigenvalue weighted by Gasteiger charge is 2.55. The molecule has 2 aromatic rings. The summed E-state index contributed by atoms with van der Waals surface area (Å²) in [5.41, 5.74) is 1.42. The minimum absolute atomic E-state index is 0.00534. The summed E-state index contributed by atoms with van der Waals surface area (Å²) >= 11 is 0. The van der Waals surface area contributed by atoms with Gasteiger partial charge in [-0.3, -0.25) is 14.7 Å². The highest BCUT2D eigenvalue weighted by molar-refractivity contribution is 5.92. The normalized spacial score (nSPS) is 31.1. The number of amides is 1. The number of rotatable bonds is 2. The van der Waals surface area contributed by atoms with E-state index in [1.54, 1.807) is 18.3 Å². The first-order chi connectivity index (χ1) is 13.5. The van der Waals surface area contributed by atoms with E-state index in [0.717, 1.165) is 37.7 Å². The van der Waals surface area contributed by atoms with Crippen LogP contribution in [0.3, 0.4) is 0 Å². The van der Waals surface area contributed by atoms with E-state index in [1.807, 2.05) is 11.8 Å². The second-order valence-corrected chi connectivity index (χ2v) is 8.10. The van der Waals surface area contributed by atoms with Crippen LogP contribution in [0.2, 0.25) is 0 Å². The zero-order chi connectivity index (χ0) is 19.4. The van der Waals surface area contributed by atoms with Crippen molar-refractivity contribution in [1.82, 2.24) is 19.8 Å². The number of carbonyl (C=O) groups excluding carboxylic acids is 1. The molecule has 0 radical (unpaired) electrons. The molecular formula is C21H22F2N4O. The Labute approximate surface area is 162 Å². The van der Waals surface area contributed by atoms with Crippen molar-refractivity contribution in [3.8, 4) is 0 Å². The first-order valence-corrected chi connectivity index (χ1v) is 9.82. The average Bonchev–Trinajstić information content (AvgIpc) is 3.14. The van der Waals surface area contributed by atoms with Gasteiger partial charge in [0.05, 0.1) is 17.9 Å². The fourth-order valence-corrected chi connectivity index (χ4v) is 5.38. The van der Waals surface area contributed by atoms with Crippen molar-refractivity contribution in [3.63, 3.8) is 0 Å². The topological polar surface area (TPSA) is 49.3 Å². The van der Waals surface area contributed by atoms with Crippen LogP contribution >= 0.6 is 0 Å². The van der Waals surface area contributed by atoms with Crippen molar-refractivity contribution in [3.05, 3.63) is 59.2 Å². The number of benzene rings is 1. The summed E-state index contributed by atoms with van der Waals surface area (Å²) in [4.78, 5) is 25.9. The van der Waals surface area contributed by atoms with Crippen LogP contribution in [0.4, 0.5) is 8.78 Å². The van der Waals surface area contributed by atoms with E-state index in [2.05, 4.69) is 14.9 Å². The number of aryl methyl sites for hydroxylation is 1. The lowest BCUT2D eigenvalue weighted by atomic mass is 9.75. The Morgan fingerprint density at radius 1 is 1.11 bits per heavy atom. The maximum absolute atomic E-state index is 14.6. The van der Waals surface area contributed by atoms with Crippen LogP contribution in [0.15, 0.2) is 30.6 Å². The van der Waals surface area contributed by atoms with E-state index >= 15 is 0 Å². The molecule has 4 saturated heterocycles. The lowest BCUT2D eigenvalue weighted by Gasteiger charge is -2.51. The molecule has 1 aromatic heterocycles. The van der Waals surface area contributed by atoms with E-state index in [0.29, 0.717) is 23.7 Å². The van der Waals surface area contributed by atoms with Crippen LogP contribution in [-0.4, -0.2) is 57.4 Å². The molecule has 7 heteroatoms. The lowest BCUT2D eigenvalue weighted by molar-refractivity contribution is -0.00378. The van der Waals surface area contributed by atoms with Crippen LogP contribution in [0.25, 0.3) is 0 Å². The minimum atomic E-state index is -0.834. The van der Waals surface area contributed by atoms with Crippen molar-refractivity contribution in [2.45, 2.75) is 37.8 Å². The molecule has 3 atom stereocenters. The van der Waals surface area contributed by atoms with Crippen LogP contribution in [-0.2, 0) is 0 Å².